The molecule has 1 aliphatic heterocycles. The first kappa shape index (κ1) is 15.5. The van der Waals surface area contributed by atoms with Crippen molar-refractivity contribution in [2.75, 3.05) is 19.7 Å². The molecular weight excluding hydrogens is 253 g/mol. The number of hydrogen-bond acceptors (Lipinski definition) is 2. The Labute approximate surface area is 121 Å². The molecule has 2 atom stereocenters. The second-order valence-electron chi connectivity index (χ2n) is 6.45. The zero-order chi connectivity index (χ0) is 14.6. The van der Waals surface area contributed by atoms with E-state index in [1.165, 1.54) is 5.56 Å². The van der Waals surface area contributed by atoms with Crippen LogP contribution in [0.1, 0.15) is 32.8 Å². The van der Waals surface area contributed by atoms with Crippen LogP contribution in [0, 0.1) is 17.2 Å². The molecular formula is C17H26FNO. The molecule has 0 aliphatic carbocycles. The van der Waals surface area contributed by atoms with Gasteiger partial charge in [0.15, 0.2) is 0 Å². The summed E-state index contributed by atoms with van der Waals surface area (Å²) in [4.78, 5) is 0. The largest absolute Gasteiger partial charge is 0.378 e. The lowest BCUT2D eigenvalue weighted by molar-refractivity contribution is 0.0627. The first-order valence-electron chi connectivity index (χ1n) is 7.59. The van der Waals surface area contributed by atoms with Crippen LogP contribution in [0.4, 0.5) is 4.39 Å². The van der Waals surface area contributed by atoms with Crippen molar-refractivity contribution in [1.82, 2.24) is 5.32 Å². The Bertz CT molecular complexity index is 418. The van der Waals surface area contributed by atoms with Gasteiger partial charge in [-0.2, -0.15) is 0 Å². The van der Waals surface area contributed by atoms with E-state index in [4.69, 9.17) is 4.74 Å². The third-order valence-electron chi connectivity index (χ3n) is 4.33. The fourth-order valence-corrected chi connectivity index (χ4v) is 2.96. The van der Waals surface area contributed by atoms with E-state index in [0.29, 0.717) is 5.92 Å². The summed E-state index contributed by atoms with van der Waals surface area (Å²) in [6.45, 7) is 9.41. The van der Waals surface area contributed by atoms with Crippen molar-refractivity contribution >= 4 is 0 Å². The van der Waals surface area contributed by atoms with Crippen molar-refractivity contribution in [3.8, 4) is 0 Å². The van der Waals surface area contributed by atoms with Gasteiger partial charge >= 0.3 is 0 Å². The molecule has 2 nitrogen and oxygen atoms in total. The predicted octanol–water partition coefficient (Wildman–Crippen LogP) is 3.41. The summed E-state index contributed by atoms with van der Waals surface area (Å²) >= 11 is 0. The molecule has 2 unspecified atom stereocenters. The van der Waals surface area contributed by atoms with Crippen molar-refractivity contribution in [2.45, 2.75) is 39.7 Å². The van der Waals surface area contributed by atoms with E-state index >= 15 is 0 Å². The van der Waals surface area contributed by atoms with E-state index in [1.807, 2.05) is 12.1 Å². The van der Waals surface area contributed by atoms with Crippen molar-refractivity contribution in [2.24, 2.45) is 11.3 Å². The van der Waals surface area contributed by atoms with Crippen LogP contribution in [0.3, 0.4) is 0 Å². The monoisotopic (exact) mass is 279 g/mol. The molecule has 0 spiro atoms. The van der Waals surface area contributed by atoms with Gasteiger partial charge < -0.3 is 10.1 Å². The van der Waals surface area contributed by atoms with E-state index < -0.39 is 0 Å². The van der Waals surface area contributed by atoms with E-state index in [-0.39, 0.29) is 17.3 Å². The normalized spacial score (nSPS) is 26.4. The maximum absolute atomic E-state index is 13.0. The molecule has 2 rings (SSSR count). The maximum Gasteiger partial charge on any atom is 0.123 e. The topological polar surface area (TPSA) is 21.3 Å². The molecule has 0 amide bonds. The summed E-state index contributed by atoms with van der Waals surface area (Å²) < 4.78 is 18.8. The van der Waals surface area contributed by atoms with Crippen LogP contribution in [-0.4, -0.2) is 25.8 Å². The number of halogens is 1. The molecule has 1 N–H and O–H groups in total. The van der Waals surface area contributed by atoms with Crippen LogP contribution in [0.15, 0.2) is 24.3 Å². The van der Waals surface area contributed by atoms with E-state index in [0.717, 1.165) is 32.5 Å². The summed E-state index contributed by atoms with van der Waals surface area (Å²) in [6, 6.07) is 6.88. The zero-order valence-electron chi connectivity index (χ0n) is 12.8. The van der Waals surface area contributed by atoms with Gasteiger partial charge in [-0.1, -0.05) is 26.0 Å². The van der Waals surface area contributed by atoms with Crippen LogP contribution in [0.25, 0.3) is 0 Å². The quantitative estimate of drug-likeness (QED) is 0.861. The van der Waals surface area contributed by atoms with E-state index in [2.05, 4.69) is 26.1 Å². The molecule has 0 bridgehead atoms. The summed E-state index contributed by atoms with van der Waals surface area (Å²) in [7, 11) is 0. The van der Waals surface area contributed by atoms with Gasteiger partial charge in [0.05, 0.1) is 6.10 Å². The minimum atomic E-state index is -0.170. The van der Waals surface area contributed by atoms with Gasteiger partial charge in [-0.05, 0) is 49.9 Å². The number of ether oxygens (including phenoxy) is 1. The van der Waals surface area contributed by atoms with Gasteiger partial charge in [0, 0.05) is 18.6 Å². The van der Waals surface area contributed by atoms with Gasteiger partial charge in [-0.3, -0.25) is 0 Å². The minimum Gasteiger partial charge on any atom is -0.378 e. The molecule has 0 aromatic heterocycles. The molecule has 112 valence electrons. The Kier molecular flexibility index (Phi) is 5.17. The van der Waals surface area contributed by atoms with Crippen LogP contribution in [-0.2, 0) is 11.2 Å². The highest BCUT2D eigenvalue weighted by Gasteiger charge is 2.41. The van der Waals surface area contributed by atoms with Crippen molar-refractivity contribution in [1.29, 1.82) is 0 Å². The summed E-state index contributed by atoms with van der Waals surface area (Å²) in [6.07, 6.45) is 2.25. The molecule has 20 heavy (non-hydrogen) atoms. The van der Waals surface area contributed by atoms with Gasteiger partial charge in [0.1, 0.15) is 5.82 Å². The minimum absolute atomic E-state index is 0.132. The van der Waals surface area contributed by atoms with Crippen LogP contribution >= 0.6 is 0 Å². The first-order chi connectivity index (χ1) is 9.52. The zero-order valence-corrected chi connectivity index (χ0v) is 12.8. The first-order valence-corrected chi connectivity index (χ1v) is 7.59. The van der Waals surface area contributed by atoms with Crippen molar-refractivity contribution < 1.29 is 9.13 Å². The van der Waals surface area contributed by atoms with Crippen molar-refractivity contribution in [3.05, 3.63) is 35.6 Å². The summed E-state index contributed by atoms with van der Waals surface area (Å²) in [5.74, 6) is 0.479. The standard InChI is InChI=1S/C17H26FNO/c1-13(2)11-19-12-17(8-9-20-14(17)3)10-15-4-6-16(18)7-5-15/h4-7,13-14,19H,8-12H2,1-3H3. The highest BCUT2D eigenvalue weighted by atomic mass is 19.1. The Balaban J connectivity index is 2.05. The third kappa shape index (κ3) is 3.80. The Morgan fingerprint density at radius 2 is 2.05 bits per heavy atom. The Morgan fingerprint density at radius 3 is 2.60 bits per heavy atom. The molecule has 1 fully saturated rings. The SMILES string of the molecule is CC(C)CNCC1(Cc2ccc(F)cc2)CCOC1C. The number of nitrogens with one attached hydrogen (secondary N) is 1. The molecule has 0 radical (unpaired) electrons. The summed E-state index contributed by atoms with van der Waals surface area (Å²) in [5, 5.41) is 3.58. The second kappa shape index (κ2) is 6.68. The highest BCUT2D eigenvalue weighted by molar-refractivity contribution is 5.19. The lowest BCUT2D eigenvalue weighted by Gasteiger charge is -2.33. The molecule has 1 heterocycles. The molecule has 1 aliphatic rings. The second-order valence-corrected chi connectivity index (χ2v) is 6.45. The van der Waals surface area contributed by atoms with Crippen LogP contribution < -0.4 is 5.32 Å². The lowest BCUT2D eigenvalue weighted by atomic mass is 9.76. The number of rotatable bonds is 6. The lowest BCUT2D eigenvalue weighted by Crippen LogP contribution is -2.42. The van der Waals surface area contributed by atoms with Gasteiger partial charge in [0.2, 0.25) is 0 Å². The van der Waals surface area contributed by atoms with E-state index in [1.54, 1.807) is 12.1 Å². The van der Waals surface area contributed by atoms with Gasteiger partial charge in [-0.15, -0.1) is 0 Å². The highest BCUT2D eigenvalue weighted by Crippen LogP contribution is 2.37. The third-order valence-corrected chi connectivity index (χ3v) is 4.33. The molecule has 1 aromatic carbocycles. The maximum atomic E-state index is 13.0. The Morgan fingerprint density at radius 1 is 1.35 bits per heavy atom. The van der Waals surface area contributed by atoms with Crippen molar-refractivity contribution in [3.63, 3.8) is 0 Å². The number of hydrogen-bond donors (Lipinski definition) is 1. The predicted molar refractivity (Wildman–Crippen MR) is 80.3 cm³/mol. The molecule has 0 saturated carbocycles. The van der Waals surface area contributed by atoms with Crippen LogP contribution in [0.2, 0.25) is 0 Å². The average molecular weight is 279 g/mol. The fourth-order valence-electron chi connectivity index (χ4n) is 2.96. The average Bonchev–Trinajstić information content (AvgIpc) is 2.74. The van der Waals surface area contributed by atoms with Crippen LogP contribution in [0.5, 0.6) is 0 Å². The Hall–Kier alpha value is -0.930. The molecule has 1 saturated heterocycles. The smallest absolute Gasteiger partial charge is 0.123 e. The van der Waals surface area contributed by atoms with Gasteiger partial charge in [-0.25, -0.2) is 4.39 Å². The van der Waals surface area contributed by atoms with E-state index in [9.17, 15) is 4.39 Å². The van der Waals surface area contributed by atoms with Gasteiger partial charge in [0.25, 0.3) is 0 Å². The number of benzene rings is 1. The fraction of sp³-hybridized carbons (Fsp3) is 0.647. The molecule has 1 aromatic rings. The summed E-state index contributed by atoms with van der Waals surface area (Å²) in [5.41, 5.74) is 1.32. The molecule has 3 heteroatoms.